The molecule has 2 atom stereocenters. The number of carbonyl (C=O) groups excluding carboxylic acids is 1. The molecule has 1 aliphatic heterocycles. The molecule has 114 valence electrons. The average Bonchev–Trinajstić information content (AvgIpc) is 2.41. The second kappa shape index (κ2) is 6.15. The van der Waals surface area contributed by atoms with Crippen LogP contribution in [0, 0.1) is 17.3 Å². The molecule has 1 heterocycles. The average molecular weight is 281 g/mol. The summed E-state index contributed by atoms with van der Waals surface area (Å²) < 4.78 is 0. The van der Waals surface area contributed by atoms with E-state index in [9.17, 15) is 9.59 Å². The van der Waals surface area contributed by atoms with Gasteiger partial charge in [0.1, 0.15) is 0 Å². The molecule has 1 saturated carbocycles. The van der Waals surface area contributed by atoms with E-state index >= 15 is 0 Å². The van der Waals surface area contributed by atoms with Gasteiger partial charge in [-0.2, -0.15) is 0 Å². The van der Waals surface area contributed by atoms with Crippen LogP contribution in [-0.4, -0.2) is 35.0 Å². The van der Waals surface area contributed by atoms with Crippen LogP contribution in [0.1, 0.15) is 58.8 Å². The summed E-state index contributed by atoms with van der Waals surface area (Å²) in [6.07, 6.45) is 6.93. The Labute approximate surface area is 121 Å². The molecular formula is C16H27NO3. The number of nitrogens with zero attached hydrogens (tertiary/aromatic N) is 1. The Bertz CT molecular complexity index is 378. The Kier molecular flexibility index (Phi) is 4.71. The first kappa shape index (κ1) is 15.3. The highest BCUT2D eigenvalue weighted by atomic mass is 16.4. The van der Waals surface area contributed by atoms with E-state index in [0.29, 0.717) is 25.3 Å². The van der Waals surface area contributed by atoms with Crippen LogP contribution in [0.25, 0.3) is 0 Å². The molecule has 2 fully saturated rings. The van der Waals surface area contributed by atoms with Crippen molar-refractivity contribution in [2.45, 2.75) is 58.8 Å². The Morgan fingerprint density at radius 2 is 1.95 bits per heavy atom. The summed E-state index contributed by atoms with van der Waals surface area (Å²) in [5, 5.41) is 9.10. The molecule has 0 aromatic carbocycles. The summed E-state index contributed by atoms with van der Waals surface area (Å²) in [6, 6.07) is 0. The van der Waals surface area contributed by atoms with Gasteiger partial charge in [-0.3, -0.25) is 9.59 Å². The van der Waals surface area contributed by atoms with E-state index in [1.165, 1.54) is 19.3 Å². The highest BCUT2D eigenvalue weighted by Crippen LogP contribution is 2.42. The number of carbonyl (C=O) groups is 2. The Balaban J connectivity index is 1.92. The molecule has 4 heteroatoms. The normalized spacial score (nSPS) is 30.0. The Hall–Kier alpha value is -1.06. The zero-order valence-corrected chi connectivity index (χ0v) is 12.7. The zero-order valence-electron chi connectivity index (χ0n) is 12.7. The number of carboxylic acid groups (broad SMARTS) is 1. The Morgan fingerprint density at radius 3 is 2.60 bits per heavy atom. The van der Waals surface area contributed by atoms with E-state index in [4.69, 9.17) is 5.11 Å². The number of hydrogen-bond acceptors (Lipinski definition) is 2. The van der Waals surface area contributed by atoms with Crippen molar-refractivity contribution in [3.05, 3.63) is 0 Å². The molecule has 0 aromatic rings. The van der Waals surface area contributed by atoms with Gasteiger partial charge >= 0.3 is 5.97 Å². The first-order valence-electron chi connectivity index (χ1n) is 7.91. The van der Waals surface area contributed by atoms with Crippen LogP contribution in [0.2, 0.25) is 0 Å². The molecule has 2 unspecified atom stereocenters. The third-order valence-corrected chi connectivity index (χ3v) is 5.27. The van der Waals surface area contributed by atoms with E-state index in [0.717, 1.165) is 19.4 Å². The lowest BCUT2D eigenvalue weighted by Gasteiger charge is -2.40. The minimum Gasteiger partial charge on any atom is -0.481 e. The molecule has 0 spiro atoms. The third-order valence-electron chi connectivity index (χ3n) is 5.27. The fraction of sp³-hybridized carbons (Fsp3) is 0.875. The summed E-state index contributed by atoms with van der Waals surface area (Å²) in [5.74, 6) is -0.516. The zero-order chi connectivity index (χ0) is 14.8. The lowest BCUT2D eigenvalue weighted by Crippen LogP contribution is -2.44. The van der Waals surface area contributed by atoms with Crippen LogP contribution in [-0.2, 0) is 9.59 Å². The molecule has 2 rings (SSSR count). The van der Waals surface area contributed by atoms with Gasteiger partial charge in [-0.15, -0.1) is 0 Å². The van der Waals surface area contributed by atoms with Crippen LogP contribution >= 0.6 is 0 Å². The summed E-state index contributed by atoms with van der Waals surface area (Å²) in [6.45, 7) is 5.66. The van der Waals surface area contributed by atoms with Gasteiger partial charge in [0.15, 0.2) is 0 Å². The third kappa shape index (κ3) is 3.53. The first-order chi connectivity index (χ1) is 9.40. The van der Waals surface area contributed by atoms with Crippen molar-refractivity contribution in [3.63, 3.8) is 0 Å². The van der Waals surface area contributed by atoms with Crippen LogP contribution < -0.4 is 0 Å². The van der Waals surface area contributed by atoms with Crippen molar-refractivity contribution in [1.29, 1.82) is 0 Å². The minimum atomic E-state index is -0.763. The standard InChI is InChI=1S/C16H27NO3/c1-16(2)8-4-3-7-13(16)10-14(18)17-9-5-6-12(11-17)15(19)20/h12-13H,3-11H2,1-2H3,(H,19,20). The molecule has 0 bridgehead atoms. The van der Waals surface area contributed by atoms with Gasteiger partial charge in [0.05, 0.1) is 5.92 Å². The maximum Gasteiger partial charge on any atom is 0.308 e. The molecule has 0 aromatic heterocycles. The molecule has 20 heavy (non-hydrogen) atoms. The molecule has 1 aliphatic carbocycles. The lowest BCUT2D eigenvalue weighted by molar-refractivity contribution is -0.146. The van der Waals surface area contributed by atoms with Crippen molar-refractivity contribution in [1.82, 2.24) is 4.90 Å². The number of aliphatic carboxylic acids is 1. The summed E-state index contributed by atoms with van der Waals surface area (Å²) in [5.41, 5.74) is 0.246. The molecule has 1 saturated heterocycles. The van der Waals surface area contributed by atoms with E-state index in [1.807, 2.05) is 0 Å². The van der Waals surface area contributed by atoms with Gasteiger partial charge in [0.25, 0.3) is 0 Å². The maximum absolute atomic E-state index is 12.5. The second-order valence-corrected chi connectivity index (χ2v) is 7.15. The topological polar surface area (TPSA) is 57.6 Å². The fourth-order valence-electron chi connectivity index (χ4n) is 3.69. The van der Waals surface area contributed by atoms with Crippen LogP contribution in [0.5, 0.6) is 0 Å². The van der Waals surface area contributed by atoms with E-state index in [-0.39, 0.29) is 17.2 Å². The Morgan fingerprint density at radius 1 is 1.20 bits per heavy atom. The number of rotatable bonds is 3. The molecule has 0 radical (unpaired) electrons. The van der Waals surface area contributed by atoms with Crippen molar-refractivity contribution >= 4 is 11.9 Å². The van der Waals surface area contributed by atoms with Crippen LogP contribution in [0.15, 0.2) is 0 Å². The summed E-state index contributed by atoms with van der Waals surface area (Å²) in [7, 11) is 0. The highest BCUT2D eigenvalue weighted by molar-refractivity contribution is 5.78. The van der Waals surface area contributed by atoms with Crippen molar-refractivity contribution < 1.29 is 14.7 Å². The number of carboxylic acids is 1. The predicted octanol–water partition coefficient (Wildman–Crippen LogP) is 2.92. The quantitative estimate of drug-likeness (QED) is 0.865. The number of hydrogen-bond donors (Lipinski definition) is 1. The number of piperidine rings is 1. The van der Waals surface area contributed by atoms with Crippen LogP contribution in [0.3, 0.4) is 0 Å². The fourth-order valence-corrected chi connectivity index (χ4v) is 3.69. The van der Waals surface area contributed by atoms with Gasteiger partial charge in [-0.1, -0.05) is 26.7 Å². The van der Waals surface area contributed by atoms with Gasteiger partial charge in [-0.05, 0) is 37.0 Å². The van der Waals surface area contributed by atoms with E-state index < -0.39 is 5.97 Å². The number of amides is 1. The summed E-state index contributed by atoms with van der Waals surface area (Å²) >= 11 is 0. The predicted molar refractivity (Wildman–Crippen MR) is 77.3 cm³/mol. The monoisotopic (exact) mass is 281 g/mol. The van der Waals surface area contributed by atoms with Gasteiger partial charge < -0.3 is 10.0 Å². The molecule has 4 nitrogen and oxygen atoms in total. The van der Waals surface area contributed by atoms with Crippen molar-refractivity contribution in [2.75, 3.05) is 13.1 Å². The maximum atomic E-state index is 12.5. The molecule has 1 N–H and O–H groups in total. The molecular weight excluding hydrogens is 254 g/mol. The largest absolute Gasteiger partial charge is 0.481 e. The van der Waals surface area contributed by atoms with Gasteiger partial charge in [0, 0.05) is 19.5 Å². The second-order valence-electron chi connectivity index (χ2n) is 7.15. The SMILES string of the molecule is CC1(C)CCCCC1CC(=O)N1CCCC(C(=O)O)C1. The lowest BCUT2D eigenvalue weighted by atomic mass is 9.67. The minimum absolute atomic E-state index is 0.163. The van der Waals surface area contributed by atoms with E-state index in [2.05, 4.69) is 13.8 Å². The summed E-state index contributed by atoms with van der Waals surface area (Å²) in [4.78, 5) is 25.3. The van der Waals surface area contributed by atoms with Crippen molar-refractivity contribution in [2.24, 2.45) is 17.3 Å². The first-order valence-corrected chi connectivity index (χ1v) is 7.91. The van der Waals surface area contributed by atoms with Crippen LogP contribution in [0.4, 0.5) is 0 Å². The highest BCUT2D eigenvalue weighted by Gasteiger charge is 2.35. The van der Waals surface area contributed by atoms with Crippen molar-refractivity contribution in [3.8, 4) is 0 Å². The smallest absolute Gasteiger partial charge is 0.308 e. The molecule has 2 aliphatic rings. The van der Waals surface area contributed by atoms with Gasteiger partial charge in [0.2, 0.25) is 5.91 Å². The number of likely N-dealkylation sites (tertiary alicyclic amines) is 1. The van der Waals surface area contributed by atoms with Gasteiger partial charge in [-0.25, -0.2) is 0 Å². The molecule has 1 amide bonds. The van der Waals surface area contributed by atoms with E-state index in [1.54, 1.807) is 4.90 Å².